The van der Waals surface area contributed by atoms with Crippen LogP contribution in [0.5, 0.6) is 5.75 Å². The fourth-order valence-corrected chi connectivity index (χ4v) is 2.72. The first-order chi connectivity index (χ1) is 6.40. The number of benzene rings is 1. The summed E-state index contributed by atoms with van der Waals surface area (Å²) in [5.74, 6) is 0.989. The van der Waals surface area contributed by atoms with Gasteiger partial charge in [-0.05, 0) is 18.7 Å². The largest absolute Gasteiger partial charge is 0.519 e. The van der Waals surface area contributed by atoms with Crippen LogP contribution in [0.15, 0.2) is 36.0 Å². The van der Waals surface area contributed by atoms with Gasteiger partial charge in [-0.2, -0.15) is 0 Å². The number of hydrogen-bond donors (Lipinski definition) is 0. The van der Waals surface area contributed by atoms with Crippen LogP contribution in [-0.2, 0) is 11.0 Å². The van der Waals surface area contributed by atoms with Crippen LogP contribution >= 0.6 is 0 Å². The molecule has 0 radical (unpaired) electrons. The predicted octanol–water partition coefficient (Wildman–Crippen LogP) is 1.93. The number of allylic oxidation sites excluding steroid dienone is 1. The maximum atomic E-state index is 5.70. The lowest BCUT2D eigenvalue weighted by Crippen LogP contribution is -2.28. The highest BCUT2D eigenvalue weighted by Crippen LogP contribution is 2.24. The molecule has 0 bridgehead atoms. The fraction of sp³-hybridized carbons (Fsp3) is 0.200. The maximum absolute atomic E-state index is 5.70. The Morgan fingerprint density at radius 3 is 3.08 bits per heavy atom. The van der Waals surface area contributed by atoms with Crippen molar-refractivity contribution in [1.82, 2.24) is 0 Å². The molecule has 1 aromatic rings. The minimum Gasteiger partial charge on any atom is -0.519 e. The first-order valence-corrected chi connectivity index (χ1v) is 6.00. The zero-order valence-electron chi connectivity index (χ0n) is 7.57. The monoisotopic (exact) mass is 192 g/mol. The SMILES string of the molecule is CC=C[SiH]1OCc2ccccc2O1. The molecule has 0 aromatic heterocycles. The highest BCUT2D eigenvalue weighted by atomic mass is 28.3. The standard InChI is InChI=1S/C10H12O2Si/c1-2-7-13-11-8-9-5-3-4-6-10(9)12-13/h2-7,13H,8H2,1H3. The van der Waals surface area contributed by atoms with Crippen molar-refractivity contribution in [3.05, 3.63) is 41.6 Å². The fourth-order valence-electron chi connectivity index (χ4n) is 1.32. The van der Waals surface area contributed by atoms with Gasteiger partial charge >= 0.3 is 9.28 Å². The molecule has 68 valence electrons. The van der Waals surface area contributed by atoms with Crippen LogP contribution in [0, 0.1) is 0 Å². The van der Waals surface area contributed by atoms with Gasteiger partial charge in [-0.25, -0.2) is 0 Å². The Balaban J connectivity index is 2.19. The molecule has 3 heteroatoms. The van der Waals surface area contributed by atoms with Crippen molar-refractivity contribution in [2.24, 2.45) is 0 Å². The molecule has 13 heavy (non-hydrogen) atoms. The molecule has 1 unspecified atom stereocenters. The van der Waals surface area contributed by atoms with Crippen molar-refractivity contribution < 1.29 is 8.85 Å². The van der Waals surface area contributed by atoms with E-state index in [1.54, 1.807) is 0 Å². The van der Waals surface area contributed by atoms with Crippen molar-refractivity contribution >= 4 is 9.28 Å². The first-order valence-electron chi connectivity index (χ1n) is 4.39. The second kappa shape index (κ2) is 3.76. The average molecular weight is 192 g/mol. The molecule has 0 fully saturated rings. The third-order valence-electron chi connectivity index (χ3n) is 1.97. The molecule has 2 rings (SSSR count). The smallest absolute Gasteiger partial charge is 0.409 e. The summed E-state index contributed by atoms with van der Waals surface area (Å²) in [6.45, 7) is 2.68. The van der Waals surface area contributed by atoms with Crippen LogP contribution in [0.25, 0.3) is 0 Å². The lowest BCUT2D eigenvalue weighted by molar-refractivity contribution is 0.237. The van der Waals surface area contributed by atoms with Gasteiger partial charge < -0.3 is 8.85 Å². The van der Waals surface area contributed by atoms with Gasteiger partial charge in [0.1, 0.15) is 5.75 Å². The minimum atomic E-state index is -1.54. The summed E-state index contributed by atoms with van der Waals surface area (Å²) in [5.41, 5.74) is 3.19. The van der Waals surface area contributed by atoms with E-state index in [9.17, 15) is 0 Å². The maximum Gasteiger partial charge on any atom is 0.409 e. The predicted molar refractivity (Wildman–Crippen MR) is 53.8 cm³/mol. The molecular formula is C10H12O2Si. The summed E-state index contributed by atoms with van der Waals surface area (Å²) in [7, 11) is -1.54. The molecule has 0 N–H and O–H groups in total. The summed E-state index contributed by atoms with van der Waals surface area (Å²) < 4.78 is 11.3. The molecule has 1 aliphatic heterocycles. The van der Waals surface area contributed by atoms with E-state index < -0.39 is 9.28 Å². The summed E-state index contributed by atoms with van der Waals surface area (Å²) in [6.07, 6.45) is 1.99. The Hall–Kier alpha value is -1.06. The summed E-state index contributed by atoms with van der Waals surface area (Å²) >= 11 is 0. The normalized spacial score (nSPS) is 21.2. The number of hydrogen-bond acceptors (Lipinski definition) is 2. The van der Waals surface area contributed by atoms with E-state index in [1.807, 2.05) is 43.0 Å². The Bertz CT molecular complexity index is 322. The highest BCUT2D eigenvalue weighted by Gasteiger charge is 2.19. The molecule has 1 aliphatic rings. The minimum absolute atomic E-state index is 0.692. The lowest BCUT2D eigenvalue weighted by Gasteiger charge is -2.22. The van der Waals surface area contributed by atoms with Crippen molar-refractivity contribution in [2.45, 2.75) is 13.5 Å². The third-order valence-corrected chi connectivity index (χ3v) is 3.65. The van der Waals surface area contributed by atoms with Gasteiger partial charge in [-0.3, -0.25) is 0 Å². The zero-order chi connectivity index (χ0) is 9.10. The molecule has 1 aromatic carbocycles. The van der Waals surface area contributed by atoms with Gasteiger partial charge in [-0.1, -0.05) is 24.3 Å². The van der Waals surface area contributed by atoms with Gasteiger partial charge in [0, 0.05) is 5.56 Å². The van der Waals surface area contributed by atoms with E-state index in [-0.39, 0.29) is 0 Å². The molecular weight excluding hydrogens is 180 g/mol. The van der Waals surface area contributed by atoms with Crippen LogP contribution in [-0.4, -0.2) is 9.28 Å². The van der Waals surface area contributed by atoms with Gasteiger partial charge in [0.05, 0.1) is 6.61 Å². The van der Waals surface area contributed by atoms with E-state index in [2.05, 4.69) is 0 Å². The van der Waals surface area contributed by atoms with E-state index in [1.165, 1.54) is 0 Å². The lowest BCUT2D eigenvalue weighted by atomic mass is 10.2. The Labute approximate surface area is 79.6 Å². The van der Waals surface area contributed by atoms with E-state index in [0.29, 0.717) is 6.61 Å². The average Bonchev–Trinajstić information content (AvgIpc) is 2.18. The molecule has 1 heterocycles. The summed E-state index contributed by atoms with van der Waals surface area (Å²) in [5, 5.41) is 0. The zero-order valence-corrected chi connectivity index (χ0v) is 8.72. The van der Waals surface area contributed by atoms with Crippen molar-refractivity contribution in [2.75, 3.05) is 0 Å². The van der Waals surface area contributed by atoms with Crippen molar-refractivity contribution in [3.63, 3.8) is 0 Å². The van der Waals surface area contributed by atoms with Crippen LogP contribution in [0.2, 0.25) is 0 Å². The Morgan fingerprint density at radius 1 is 1.38 bits per heavy atom. The van der Waals surface area contributed by atoms with Crippen LogP contribution in [0.1, 0.15) is 12.5 Å². The molecule has 0 saturated heterocycles. The molecule has 0 saturated carbocycles. The van der Waals surface area contributed by atoms with E-state index >= 15 is 0 Å². The molecule has 0 aliphatic carbocycles. The second-order valence-electron chi connectivity index (χ2n) is 2.93. The van der Waals surface area contributed by atoms with Crippen LogP contribution in [0.3, 0.4) is 0 Å². The van der Waals surface area contributed by atoms with Crippen molar-refractivity contribution in [1.29, 1.82) is 0 Å². The molecule has 0 amide bonds. The number of rotatable bonds is 1. The first kappa shape index (κ1) is 8.53. The van der Waals surface area contributed by atoms with E-state index in [4.69, 9.17) is 8.85 Å². The van der Waals surface area contributed by atoms with Gasteiger partial charge in [0.15, 0.2) is 0 Å². The Kier molecular flexibility index (Phi) is 2.47. The van der Waals surface area contributed by atoms with Gasteiger partial charge in [-0.15, -0.1) is 0 Å². The van der Waals surface area contributed by atoms with Gasteiger partial charge in [0.25, 0.3) is 0 Å². The third kappa shape index (κ3) is 1.82. The number of fused-ring (bicyclic) bond motifs is 1. The van der Waals surface area contributed by atoms with Gasteiger partial charge in [0.2, 0.25) is 0 Å². The Morgan fingerprint density at radius 2 is 2.23 bits per heavy atom. The second-order valence-corrected chi connectivity index (χ2v) is 4.62. The molecule has 0 spiro atoms. The molecule has 2 nitrogen and oxygen atoms in total. The molecule has 1 atom stereocenters. The highest BCUT2D eigenvalue weighted by molar-refractivity contribution is 6.51. The van der Waals surface area contributed by atoms with Crippen LogP contribution in [0.4, 0.5) is 0 Å². The van der Waals surface area contributed by atoms with Crippen molar-refractivity contribution in [3.8, 4) is 5.75 Å². The topological polar surface area (TPSA) is 18.5 Å². The van der Waals surface area contributed by atoms with E-state index in [0.717, 1.165) is 11.3 Å². The summed E-state index contributed by atoms with van der Waals surface area (Å²) in [6, 6.07) is 8.03. The summed E-state index contributed by atoms with van der Waals surface area (Å²) in [4.78, 5) is 0. The van der Waals surface area contributed by atoms with Crippen LogP contribution < -0.4 is 4.43 Å². The number of para-hydroxylation sites is 1. The quantitative estimate of drug-likeness (QED) is 0.633.